The van der Waals surface area contributed by atoms with Crippen molar-refractivity contribution in [2.75, 3.05) is 6.54 Å². The highest BCUT2D eigenvalue weighted by Crippen LogP contribution is 2.16. The molecule has 2 aromatic rings. The number of aryl methyl sites for hydroxylation is 1. The number of hydrogen-bond donors (Lipinski definition) is 2. The number of hydrogen-bond acceptors (Lipinski definition) is 2. The second kappa shape index (κ2) is 6.99. The number of halogens is 1. The molecule has 0 heterocycles. The van der Waals surface area contributed by atoms with E-state index in [1.165, 1.54) is 12.1 Å². The Bertz CT molecular complexity index is 610. The van der Waals surface area contributed by atoms with Crippen LogP contribution in [0.2, 0.25) is 0 Å². The van der Waals surface area contributed by atoms with Gasteiger partial charge >= 0.3 is 0 Å². The Balaban J connectivity index is 1.85. The summed E-state index contributed by atoms with van der Waals surface area (Å²) in [6, 6.07) is 13.0. The van der Waals surface area contributed by atoms with Crippen LogP contribution in [-0.2, 0) is 0 Å². The summed E-state index contributed by atoms with van der Waals surface area (Å²) in [7, 11) is 0. The highest BCUT2D eigenvalue weighted by atomic mass is 19.1. The molecule has 21 heavy (non-hydrogen) atoms. The van der Waals surface area contributed by atoms with Crippen LogP contribution in [0.3, 0.4) is 0 Å². The molecular weight excluding hydrogens is 269 g/mol. The van der Waals surface area contributed by atoms with Gasteiger partial charge in [-0.1, -0.05) is 30.3 Å². The van der Waals surface area contributed by atoms with Crippen LogP contribution in [-0.4, -0.2) is 17.6 Å². The first-order chi connectivity index (χ1) is 10.1. The van der Waals surface area contributed by atoms with Crippen molar-refractivity contribution >= 4 is 5.91 Å². The van der Waals surface area contributed by atoms with Gasteiger partial charge in [0.2, 0.25) is 0 Å². The number of nitrogens with one attached hydrogen (secondary N) is 1. The fourth-order valence-electron chi connectivity index (χ4n) is 2.10. The second-order valence-electron chi connectivity index (χ2n) is 4.93. The van der Waals surface area contributed by atoms with Crippen LogP contribution >= 0.6 is 0 Å². The average molecular weight is 287 g/mol. The zero-order valence-electron chi connectivity index (χ0n) is 11.8. The molecule has 0 radical (unpaired) electrons. The predicted molar refractivity (Wildman–Crippen MR) is 79.5 cm³/mol. The lowest BCUT2D eigenvalue weighted by atomic mass is 10.1. The van der Waals surface area contributed by atoms with Gasteiger partial charge in [0.15, 0.2) is 0 Å². The Morgan fingerprint density at radius 1 is 1.19 bits per heavy atom. The maximum absolute atomic E-state index is 12.8. The van der Waals surface area contributed by atoms with Gasteiger partial charge in [-0.05, 0) is 42.7 Å². The summed E-state index contributed by atoms with van der Waals surface area (Å²) in [5, 5.41) is 12.8. The van der Waals surface area contributed by atoms with Crippen LogP contribution in [0.1, 0.15) is 34.0 Å². The van der Waals surface area contributed by atoms with Crippen LogP contribution in [0.5, 0.6) is 0 Å². The van der Waals surface area contributed by atoms with Crippen molar-refractivity contribution in [2.45, 2.75) is 19.4 Å². The zero-order chi connectivity index (χ0) is 15.2. The van der Waals surface area contributed by atoms with Gasteiger partial charge in [-0.2, -0.15) is 0 Å². The van der Waals surface area contributed by atoms with Crippen LogP contribution < -0.4 is 5.32 Å². The molecule has 0 aliphatic heterocycles. The summed E-state index contributed by atoms with van der Waals surface area (Å²) in [6.45, 7) is 2.23. The van der Waals surface area contributed by atoms with E-state index in [4.69, 9.17) is 0 Å². The second-order valence-corrected chi connectivity index (χ2v) is 4.93. The molecule has 1 amide bonds. The summed E-state index contributed by atoms with van der Waals surface area (Å²) in [6.07, 6.45) is -0.341. The van der Waals surface area contributed by atoms with Gasteiger partial charge in [-0.15, -0.1) is 0 Å². The van der Waals surface area contributed by atoms with Gasteiger partial charge < -0.3 is 10.4 Å². The molecule has 2 N–H and O–H groups in total. The SMILES string of the molecule is Cc1ccccc1C(=O)NCCC(O)c1ccc(F)cc1. The topological polar surface area (TPSA) is 49.3 Å². The van der Waals surface area contributed by atoms with Crippen LogP contribution in [0.4, 0.5) is 4.39 Å². The fraction of sp³-hybridized carbons (Fsp3) is 0.235. The zero-order valence-corrected chi connectivity index (χ0v) is 11.8. The smallest absolute Gasteiger partial charge is 0.251 e. The summed E-state index contributed by atoms with van der Waals surface area (Å²) in [4.78, 5) is 12.0. The van der Waals surface area contributed by atoms with Gasteiger partial charge in [0.05, 0.1) is 6.10 Å². The first-order valence-electron chi connectivity index (χ1n) is 6.85. The molecule has 110 valence electrons. The number of rotatable bonds is 5. The van der Waals surface area contributed by atoms with E-state index in [0.29, 0.717) is 24.1 Å². The average Bonchev–Trinajstić information content (AvgIpc) is 2.48. The molecule has 0 fully saturated rings. The Morgan fingerprint density at radius 2 is 1.86 bits per heavy atom. The molecule has 0 aromatic heterocycles. The lowest BCUT2D eigenvalue weighted by molar-refractivity contribution is 0.0942. The Morgan fingerprint density at radius 3 is 2.52 bits per heavy atom. The van der Waals surface area contributed by atoms with Crippen molar-refractivity contribution in [1.82, 2.24) is 5.32 Å². The minimum atomic E-state index is -0.720. The van der Waals surface area contributed by atoms with Crippen LogP contribution in [0.25, 0.3) is 0 Å². The van der Waals surface area contributed by atoms with E-state index < -0.39 is 6.10 Å². The number of amides is 1. The third-order valence-corrected chi connectivity index (χ3v) is 3.35. The molecule has 0 spiro atoms. The quantitative estimate of drug-likeness (QED) is 0.888. The van der Waals surface area contributed by atoms with E-state index in [0.717, 1.165) is 5.56 Å². The van der Waals surface area contributed by atoms with Crippen molar-refractivity contribution in [3.05, 3.63) is 71.0 Å². The molecule has 1 atom stereocenters. The van der Waals surface area contributed by atoms with E-state index in [-0.39, 0.29) is 11.7 Å². The van der Waals surface area contributed by atoms with Gasteiger partial charge in [0, 0.05) is 12.1 Å². The van der Waals surface area contributed by atoms with E-state index >= 15 is 0 Å². The molecule has 0 saturated heterocycles. The summed E-state index contributed by atoms with van der Waals surface area (Å²) in [5.74, 6) is -0.488. The van der Waals surface area contributed by atoms with Gasteiger partial charge in [-0.25, -0.2) is 4.39 Å². The van der Waals surface area contributed by atoms with Crippen LogP contribution in [0, 0.1) is 12.7 Å². The van der Waals surface area contributed by atoms with E-state index in [9.17, 15) is 14.3 Å². The molecule has 3 nitrogen and oxygen atoms in total. The monoisotopic (exact) mass is 287 g/mol. The first-order valence-corrected chi connectivity index (χ1v) is 6.85. The molecular formula is C17H18FNO2. The standard InChI is InChI=1S/C17H18FNO2/c1-12-4-2-3-5-15(12)17(21)19-11-10-16(20)13-6-8-14(18)9-7-13/h2-9,16,20H,10-11H2,1H3,(H,19,21). The van der Waals surface area contributed by atoms with Gasteiger partial charge in [0.25, 0.3) is 5.91 Å². The van der Waals surface area contributed by atoms with Crippen molar-refractivity contribution < 1.29 is 14.3 Å². The third kappa shape index (κ3) is 4.13. The van der Waals surface area contributed by atoms with Gasteiger partial charge in [-0.3, -0.25) is 4.79 Å². The minimum Gasteiger partial charge on any atom is -0.388 e. The number of benzene rings is 2. The number of aliphatic hydroxyl groups excluding tert-OH is 1. The van der Waals surface area contributed by atoms with Gasteiger partial charge in [0.1, 0.15) is 5.82 Å². The maximum atomic E-state index is 12.8. The molecule has 2 rings (SSSR count). The Kier molecular flexibility index (Phi) is 5.06. The number of carbonyl (C=O) groups excluding carboxylic acids is 1. The van der Waals surface area contributed by atoms with Crippen molar-refractivity contribution in [3.63, 3.8) is 0 Å². The molecule has 2 aromatic carbocycles. The molecule has 0 aliphatic rings. The Hall–Kier alpha value is -2.20. The molecule has 1 unspecified atom stereocenters. The molecule has 4 heteroatoms. The highest BCUT2D eigenvalue weighted by Gasteiger charge is 2.10. The summed E-state index contributed by atoms with van der Waals surface area (Å²) in [5.41, 5.74) is 2.18. The number of aliphatic hydroxyl groups is 1. The number of carbonyl (C=O) groups is 1. The van der Waals surface area contributed by atoms with Crippen LogP contribution in [0.15, 0.2) is 48.5 Å². The third-order valence-electron chi connectivity index (χ3n) is 3.35. The van der Waals surface area contributed by atoms with Crippen molar-refractivity contribution in [1.29, 1.82) is 0 Å². The maximum Gasteiger partial charge on any atom is 0.251 e. The van der Waals surface area contributed by atoms with E-state index in [2.05, 4.69) is 5.32 Å². The highest BCUT2D eigenvalue weighted by molar-refractivity contribution is 5.95. The summed E-state index contributed by atoms with van der Waals surface area (Å²) >= 11 is 0. The fourth-order valence-corrected chi connectivity index (χ4v) is 2.10. The molecule has 0 aliphatic carbocycles. The lowest BCUT2D eigenvalue weighted by Gasteiger charge is -2.12. The first kappa shape index (κ1) is 15.2. The molecule has 0 bridgehead atoms. The lowest BCUT2D eigenvalue weighted by Crippen LogP contribution is -2.26. The predicted octanol–water partition coefficient (Wildman–Crippen LogP) is 2.99. The normalized spacial score (nSPS) is 12.0. The van der Waals surface area contributed by atoms with E-state index in [1.807, 2.05) is 25.1 Å². The molecule has 0 saturated carbocycles. The van der Waals surface area contributed by atoms with E-state index in [1.54, 1.807) is 18.2 Å². The van der Waals surface area contributed by atoms with Crippen molar-refractivity contribution in [2.24, 2.45) is 0 Å². The summed E-state index contributed by atoms with van der Waals surface area (Å²) < 4.78 is 12.8. The largest absolute Gasteiger partial charge is 0.388 e. The minimum absolute atomic E-state index is 0.153. The van der Waals surface area contributed by atoms with Crippen molar-refractivity contribution in [3.8, 4) is 0 Å². The Labute approximate surface area is 123 Å².